The van der Waals surface area contributed by atoms with Crippen LogP contribution in [0.2, 0.25) is 0 Å². The van der Waals surface area contributed by atoms with Crippen LogP contribution < -0.4 is 5.32 Å². The number of aromatic nitrogens is 2. The van der Waals surface area contributed by atoms with E-state index in [1.54, 1.807) is 17.6 Å². The zero-order valence-electron chi connectivity index (χ0n) is 12.4. The zero-order chi connectivity index (χ0) is 15.4. The van der Waals surface area contributed by atoms with Gasteiger partial charge in [0.2, 0.25) is 0 Å². The van der Waals surface area contributed by atoms with Crippen LogP contribution in [0.5, 0.6) is 0 Å². The molecule has 3 rings (SSSR count). The molecule has 0 unspecified atom stereocenters. The highest BCUT2D eigenvalue weighted by molar-refractivity contribution is 7.09. The number of anilines is 1. The number of nitrogens with zero attached hydrogens (tertiary/aromatic N) is 3. The van der Waals surface area contributed by atoms with Crippen molar-refractivity contribution in [2.45, 2.75) is 13.5 Å². The second kappa shape index (κ2) is 6.95. The molecular formula is C15H18N4O2S. The third-order valence-electron chi connectivity index (χ3n) is 3.40. The number of carbonyl (C=O) groups is 1. The van der Waals surface area contributed by atoms with Crippen molar-refractivity contribution in [1.82, 2.24) is 14.9 Å². The molecule has 0 radical (unpaired) electrons. The molecule has 3 heterocycles. The lowest BCUT2D eigenvalue weighted by Crippen LogP contribution is -2.35. The normalized spacial score (nSPS) is 15.7. The van der Waals surface area contributed by atoms with Gasteiger partial charge >= 0.3 is 0 Å². The first kappa shape index (κ1) is 15.1. The molecule has 0 saturated carbocycles. The van der Waals surface area contributed by atoms with E-state index in [1.165, 1.54) is 11.3 Å². The first-order chi connectivity index (χ1) is 10.7. The molecule has 2 aromatic heterocycles. The Morgan fingerprint density at radius 2 is 2.27 bits per heavy atom. The van der Waals surface area contributed by atoms with Crippen molar-refractivity contribution in [2.24, 2.45) is 0 Å². The summed E-state index contributed by atoms with van der Waals surface area (Å²) >= 11 is 1.52. The van der Waals surface area contributed by atoms with Crippen LogP contribution in [-0.2, 0) is 11.3 Å². The van der Waals surface area contributed by atoms with Crippen LogP contribution in [0.25, 0.3) is 0 Å². The summed E-state index contributed by atoms with van der Waals surface area (Å²) in [4.78, 5) is 23.0. The first-order valence-electron chi connectivity index (χ1n) is 7.19. The largest absolute Gasteiger partial charge is 0.379 e. The third-order valence-corrected chi connectivity index (χ3v) is 4.24. The summed E-state index contributed by atoms with van der Waals surface area (Å²) in [7, 11) is 0. The van der Waals surface area contributed by atoms with Crippen LogP contribution in [0.1, 0.15) is 21.2 Å². The second-order valence-electron chi connectivity index (χ2n) is 5.16. The van der Waals surface area contributed by atoms with E-state index in [1.807, 2.05) is 13.0 Å². The lowest BCUT2D eigenvalue weighted by atomic mass is 10.3. The molecule has 0 aliphatic carbocycles. The molecule has 2 aromatic rings. The smallest absolute Gasteiger partial charge is 0.275 e. The summed E-state index contributed by atoms with van der Waals surface area (Å²) in [6.45, 7) is 6.02. The van der Waals surface area contributed by atoms with Crippen LogP contribution >= 0.6 is 11.3 Å². The van der Waals surface area contributed by atoms with Crippen molar-refractivity contribution < 1.29 is 9.53 Å². The van der Waals surface area contributed by atoms with E-state index in [0.29, 0.717) is 5.69 Å². The van der Waals surface area contributed by atoms with Crippen molar-refractivity contribution in [1.29, 1.82) is 0 Å². The summed E-state index contributed by atoms with van der Waals surface area (Å²) in [5.41, 5.74) is 2.06. The molecule has 6 nitrogen and oxygen atoms in total. The van der Waals surface area contributed by atoms with Crippen LogP contribution in [0.3, 0.4) is 0 Å². The highest BCUT2D eigenvalue weighted by Gasteiger charge is 2.15. The molecule has 0 aromatic carbocycles. The molecule has 0 bridgehead atoms. The fourth-order valence-corrected chi connectivity index (χ4v) is 3.07. The van der Waals surface area contributed by atoms with Crippen molar-refractivity contribution in [3.63, 3.8) is 0 Å². The number of aryl methyl sites for hydroxylation is 1. The summed E-state index contributed by atoms with van der Waals surface area (Å²) in [5, 5.41) is 5.61. The quantitative estimate of drug-likeness (QED) is 0.933. The standard InChI is InChI=1S/C15H18N4O2S/c1-11-8-12(2-3-16-11)17-15(20)13-10-22-14(18-13)9-19-4-6-21-7-5-19/h2-3,8,10H,4-7,9H2,1H3,(H,16,17,20). The number of ether oxygens (including phenoxy) is 1. The SMILES string of the molecule is Cc1cc(NC(=O)c2csc(CN3CCOCC3)n2)ccn1. The van der Waals surface area contributed by atoms with Gasteiger partial charge in [-0.15, -0.1) is 11.3 Å². The third kappa shape index (κ3) is 3.88. The zero-order valence-corrected chi connectivity index (χ0v) is 13.2. The fourth-order valence-electron chi connectivity index (χ4n) is 2.26. The van der Waals surface area contributed by atoms with Gasteiger partial charge in [-0.25, -0.2) is 4.98 Å². The van der Waals surface area contributed by atoms with E-state index in [0.717, 1.165) is 49.2 Å². The van der Waals surface area contributed by atoms with Gasteiger partial charge in [0.25, 0.3) is 5.91 Å². The van der Waals surface area contributed by atoms with Gasteiger partial charge in [-0.2, -0.15) is 0 Å². The number of carbonyl (C=O) groups excluding carboxylic acids is 1. The van der Waals surface area contributed by atoms with E-state index < -0.39 is 0 Å². The van der Waals surface area contributed by atoms with E-state index in [9.17, 15) is 4.79 Å². The molecule has 1 fully saturated rings. The predicted molar refractivity (Wildman–Crippen MR) is 85.1 cm³/mol. The minimum atomic E-state index is -0.185. The van der Waals surface area contributed by atoms with Crippen molar-refractivity contribution in [2.75, 3.05) is 31.6 Å². The van der Waals surface area contributed by atoms with Gasteiger partial charge in [0.15, 0.2) is 0 Å². The summed E-state index contributed by atoms with van der Waals surface area (Å²) in [5.74, 6) is -0.185. The maximum atomic E-state index is 12.2. The Morgan fingerprint density at radius 3 is 3.05 bits per heavy atom. The molecule has 1 amide bonds. The van der Waals surface area contributed by atoms with E-state index in [-0.39, 0.29) is 5.91 Å². The predicted octanol–water partition coefficient (Wildman–Crippen LogP) is 1.93. The fraction of sp³-hybridized carbons (Fsp3) is 0.400. The molecular weight excluding hydrogens is 300 g/mol. The summed E-state index contributed by atoms with van der Waals surface area (Å²) in [6.07, 6.45) is 1.68. The Bertz CT molecular complexity index is 652. The number of nitrogens with one attached hydrogen (secondary N) is 1. The molecule has 1 saturated heterocycles. The monoisotopic (exact) mass is 318 g/mol. The highest BCUT2D eigenvalue weighted by atomic mass is 32.1. The van der Waals surface area contributed by atoms with Gasteiger partial charge in [-0.1, -0.05) is 0 Å². The Balaban J connectivity index is 1.61. The lowest BCUT2D eigenvalue weighted by Gasteiger charge is -2.25. The van der Waals surface area contributed by atoms with Crippen LogP contribution in [0.15, 0.2) is 23.7 Å². The minimum Gasteiger partial charge on any atom is -0.379 e. The number of hydrogen-bond donors (Lipinski definition) is 1. The second-order valence-corrected chi connectivity index (χ2v) is 6.10. The average molecular weight is 318 g/mol. The molecule has 1 aliphatic rings. The number of amides is 1. The Hall–Kier alpha value is -1.83. The summed E-state index contributed by atoms with van der Waals surface area (Å²) < 4.78 is 5.33. The van der Waals surface area contributed by atoms with Gasteiger partial charge in [-0.3, -0.25) is 14.7 Å². The number of rotatable bonds is 4. The van der Waals surface area contributed by atoms with E-state index in [2.05, 4.69) is 20.2 Å². The van der Waals surface area contributed by atoms with Gasteiger partial charge in [0, 0.05) is 36.0 Å². The Kier molecular flexibility index (Phi) is 4.77. The first-order valence-corrected chi connectivity index (χ1v) is 8.07. The van der Waals surface area contributed by atoms with Crippen molar-refractivity contribution >= 4 is 22.9 Å². The number of pyridine rings is 1. The molecule has 7 heteroatoms. The van der Waals surface area contributed by atoms with Crippen molar-refractivity contribution in [3.8, 4) is 0 Å². The van der Waals surface area contributed by atoms with Crippen molar-refractivity contribution in [3.05, 3.63) is 40.1 Å². The number of hydrogen-bond acceptors (Lipinski definition) is 6. The van der Waals surface area contributed by atoms with E-state index >= 15 is 0 Å². The Labute approximate surface area is 133 Å². The van der Waals surface area contributed by atoms with Crippen LogP contribution in [0.4, 0.5) is 5.69 Å². The Morgan fingerprint density at radius 1 is 1.45 bits per heavy atom. The topological polar surface area (TPSA) is 67.4 Å². The van der Waals surface area contributed by atoms with Gasteiger partial charge in [0.05, 0.1) is 19.8 Å². The number of thiazole rings is 1. The molecule has 1 N–H and O–H groups in total. The minimum absolute atomic E-state index is 0.185. The maximum Gasteiger partial charge on any atom is 0.275 e. The highest BCUT2D eigenvalue weighted by Crippen LogP contribution is 2.15. The average Bonchev–Trinajstić information content (AvgIpc) is 2.97. The van der Waals surface area contributed by atoms with Crippen LogP contribution in [0, 0.1) is 6.92 Å². The summed E-state index contributed by atoms with van der Waals surface area (Å²) in [6, 6.07) is 3.60. The van der Waals surface area contributed by atoms with Gasteiger partial charge < -0.3 is 10.1 Å². The molecule has 116 valence electrons. The molecule has 0 atom stereocenters. The maximum absolute atomic E-state index is 12.2. The van der Waals surface area contributed by atoms with E-state index in [4.69, 9.17) is 4.74 Å². The van der Waals surface area contributed by atoms with Gasteiger partial charge in [-0.05, 0) is 19.1 Å². The molecule has 0 spiro atoms. The van der Waals surface area contributed by atoms with Gasteiger partial charge in [0.1, 0.15) is 10.7 Å². The molecule has 22 heavy (non-hydrogen) atoms. The lowest BCUT2D eigenvalue weighted by molar-refractivity contribution is 0.0341. The molecule has 1 aliphatic heterocycles. The number of morpholine rings is 1. The van der Waals surface area contributed by atoms with Crippen LogP contribution in [-0.4, -0.2) is 47.1 Å².